The largest absolute Gasteiger partial charge is 0.389 e. The van der Waals surface area contributed by atoms with Gasteiger partial charge in [-0.25, -0.2) is 0 Å². The summed E-state index contributed by atoms with van der Waals surface area (Å²) in [6.07, 6.45) is 53.3. The van der Waals surface area contributed by atoms with Crippen LogP contribution in [0.4, 0.5) is 13.2 Å². The van der Waals surface area contributed by atoms with Gasteiger partial charge in [-0.3, -0.25) is 0 Å². The maximum absolute atomic E-state index is 11.5. The van der Waals surface area contributed by atoms with E-state index in [1.807, 2.05) is 69.2 Å². The molecule has 0 radical (unpaired) electrons. The Kier molecular flexibility index (Phi) is 40.2. The van der Waals surface area contributed by atoms with Crippen LogP contribution in [0.15, 0.2) is 0 Å². The molecular weight excluding hydrogens is 1160 g/mol. The second-order valence-electron chi connectivity index (χ2n) is 41.0. The van der Waals surface area contributed by atoms with Gasteiger partial charge in [-0.05, 0) is 224 Å². The molecule has 10 fully saturated rings. The topological polar surface area (TPSA) is 0 Å². The molecule has 4 spiro atoms. The molecule has 1 unspecified atom stereocenters. The quantitative estimate of drug-likeness (QED) is 0.264. The van der Waals surface area contributed by atoms with Gasteiger partial charge in [-0.15, -0.1) is 0 Å². The number of hydrogen-bond acceptors (Lipinski definition) is 0. The average Bonchev–Trinajstić information content (AvgIpc) is 0.933. The van der Waals surface area contributed by atoms with Crippen LogP contribution in [-0.2, 0) is 0 Å². The van der Waals surface area contributed by atoms with E-state index < -0.39 is 25.3 Å². The van der Waals surface area contributed by atoms with Crippen LogP contribution in [0.2, 0.25) is 0 Å². The number of rotatable bonds is 3. The van der Waals surface area contributed by atoms with Gasteiger partial charge in [0.15, 0.2) is 0 Å². The third-order valence-electron chi connectivity index (χ3n) is 24.0. The van der Waals surface area contributed by atoms with Crippen molar-refractivity contribution in [1.29, 1.82) is 0 Å². The van der Waals surface area contributed by atoms with Gasteiger partial charge in [-0.1, -0.05) is 354 Å². The molecule has 0 saturated heterocycles. The van der Waals surface area contributed by atoms with Gasteiger partial charge in [-0.2, -0.15) is 13.2 Å². The summed E-state index contributed by atoms with van der Waals surface area (Å²) >= 11 is 0. The monoisotopic (exact) mass is 1350 g/mol. The molecule has 0 bridgehead atoms. The summed E-state index contributed by atoms with van der Waals surface area (Å²) in [5.74, 6) is 3.57. The maximum Gasteiger partial charge on any atom is 0.389 e. The van der Waals surface area contributed by atoms with Crippen LogP contribution in [0.1, 0.15) is 492 Å². The molecule has 10 rings (SSSR count). The first-order chi connectivity index (χ1) is 45.9. The van der Waals surface area contributed by atoms with Crippen LogP contribution in [0.5, 0.6) is 0 Å². The second kappa shape index (κ2) is 46.5. The molecule has 10 aliphatic rings. The van der Waals surface area contributed by atoms with Crippen molar-refractivity contribution in [2.75, 3.05) is 0 Å². The summed E-state index contributed by atoms with van der Waals surface area (Å²) in [5.41, 5.74) is 5.25. The molecule has 1 atom stereocenters. The molecule has 0 aromatic heterocycles. The normalized spacial score (nSPS) is 27.1. The molecule has 10 saturated carbocycles. The zero-order chi connectivity index (χ0) is 79.4. The summed E-state index contributed by atoms with van der Waals surface area (Å²) in [6.45, 7) is 59.0. The third kappa shape index (κ3) is 49.9. The minimum Gasteiger partial charge on any atom is -0.171 e. The van der Waals surface area contributed by atoms with Crippen molar-refractivity contribution in [3.63, 3.8) is 0 Å². The fourth-order valence-corrected chi connectivity index (χ4v) is 17.4. The van der Waals surface area contributed by atoms with E-state index in [0.717, 1.165) is 65.6 Å². The van der Waals surface area contributed by atoms with Crippen molar-refractivity contribution in [3.05, 3.63) is 0 Å². The van der Waals surface area contributed by atoms with Gasteiger partial charge in [0.1, 0.15) is 0 Å². The van der Waals surface area contributed by atoms with Gasteiger partial charge >= 0.3 is 6.18 Å². The van der Waals surface area contributed by atoms with Crippen LogP contribution < -0.4 is 0 Å². The third-order valence-corrected chi connectivity index (χ3v) is 24.0. The Morgan fingerprint density at radius 1 is 0.379 bits per heavy atom. The van der Waals surface area contributed by atoms with Crippen LogP contribution in [-0.4, -0.2) is 6.18 Å². The first kappa shape index (κ1) is 82.1. The Hall–Kier alpha value is -0.210. The Balaban J connectivity index is 0.00000112. The highest BCUT2D eigenvalue weighted by Gasteiger charge is 2.48. The van der Waals surface area contributed by atoms with E-state index in [1.54, 1.807) is 79.1 Å². The van der Waals surface area contributed by atoms with Gasteiger partial charge in [0.05, 0.1) is 0 Å². The van der Waals surface area contributed by atoms with Crippen LogP contribution >= 0.6 is 0 Å². The molecular formula is C92H183F3. The highest BCUT2D eigenvalue weighted by Crippen LogP contribution is 2.60. The lowest BCUT2D eigenvalue weighted by molar-refractivity contribution is -0.143. The van der Waals surface area contributed by atoms with Crippen LogP contribution in [0, 0.1) is 102 Å². The lowest BCUT2D eigenvalue weighted by atomic mass is 9.51. The summed E-state index contributed by atoms with van der Waals surface area (Å²) in [5, 5.41) is 0. The first-order valence-electron chi connectivity index (χ1n) is 45.0. The molecule has 0 N–H and O–H groups in total. The fraction of sp³-hybridized carbons (Fsp3) is 1.00. The minimum atomic E-state index is -3.98. The predicted octanol–water partition coefficient (Wildman–Crippen LogP) is 34.1. The molecule has 0 aromatic carbocycles. The van der Waals surface area contributed by atoms with Crippen molar-refractivity contribution in [2.24, 2.45) is 102 Å². The van der Waals surface area contributed by atoms with Gasteiger partial charge in [0.2, 0.25) is 0 Å². The van der Waals surface area contributed by atoms with Crippen LogP contribution in [0.25, 0.3) is 0 Å². The van der Waals surface area contributed by atoms with Gasteiger partial charge in [0.25, 0.3) is 0 Å². The summed E-state index contributed by atoms with van der Waals surface area (Å²) in [6, 6.07) is 0. The zero-order valence-corrected chi connectivity index (χ0v) is 70.5. The van der Waals surface area contributed by atoms with Crippen molar-refractivity contribution in [3.8, 4) is 0 Å². The number of halogens is 3. The SMILES string of the molecule is CC(C)(C)C.CC1CCC2(CC1)CC(C)(C)CC(C)(C)C2.CC1CCC2(CC1)CCC(C)(C)CC2.CC1CCC2(CCCC2)CC1.CC1CCC2(CCCCC2)CC1.CCC(C)CC(F)(F)F.[2H]C(C)(C)C.[2H]C([2H])(C)C(C)(C)C.[2H]C([2H])(C)C(C)C.[2H]C1(C)CCCC1.[2H]C1(C)CCCCC1. The molecule has 10 aliphatic carbocycles. The van der Waals surface area contributed by atoms with Crippen LogP contribution in [0.3, 0.4) is 0 Å². The highest BCUT2D eigenvalue weighted by molar-refractivity contribution is 4.99. The fourth-order valence-electron chi connectivity index (χ4n) is 17.4. The lowest BCUT2D eigenvalue weighted by Gasteiger charge is -2.54. The molecule has 0 amide bonds. The van der Waals surface area contributed by atoms with E-state index in [0.29, 0.717) is 33.5 Å². The molecule has 0 aliphatic heterocycles. The Morgan fingerprint density at radius 3 is 0.842 bits per heavy atom. The summed E-state index contributed by atoms with van der Waals surface area (Å²) in [7, 11) is 0. The molecule has 0 heterocycles. The Morgan fingerprint density at radius 2 is 0.621 bits per heavy atom. The molecule has 3 heteroatoms. The molecule has 0 nitrogen and oxygen atoms in total. The van der Waals surface area contributed by atoms with E-state index in [9.17, 15) is 13.2 Å². The highest BCUT2D eigenvalue weighted by atomic mass is 19.4. The van der Waals surface area contributed by atoms with Crippen molar-refractivity contribution >= 4 is 0 Å². The van der Waals surface area contributed by atoms with Crippen molar-refractivity contribution in [2.45, 2.75) is 489 Å². The van der Waals surface area contributed by atoms with Crippen molar-refractivity contribution < 1.29 is 22.8 Å². The second-order valence-corrected chi connectivity index (χ2v) is 41.0. The zero-order valence-electron chi connectivity index (χ0n) is 77.5. The van der Waals surface area contributed by atoms with E-state index in [2.05, 4.69) is 96.9 Å². The summed E-state index contributed by atoms with van der Waals surface area (Å²) in [4.78, 5) is 0. The molecule has 0 aromatic rings. The van der Waals surface area contributed by atoms with Gasteiger partial charge in [0, 0.05) is 16.0 Å². The average molecular weight is 1350 g/mol. The van der Waals surface area contributed by atoms with Crippen molar-refractivity contribution in [1.82, 2.24) is 0 Å². The molecule has 572 valence electrons. The first-order valence-corrected chi connectivity index (χ1v) is 41.5. The standard InChI is InChI=1S/C16H30.C14H26.C12H22.C11H20.C7H14.C6H11F3.C6H12.C6H14.2C5H12.C4H10/c1-13-6-8-16(9-7-13)11-14(2,3)10-15(4,5)12-16;1-12-4-6-14(7-5-12)10-8-13(2,3)9-11-14;1-11-5-9-12(10-6-11)7-3-2-4-8-12;1-10-4-8-11(9-5-10)6-2-3-7-11;1-7-5-3-2-4-6-7;1-3-5(2)4-6(7,8)9;1-6-4-2-3-5-6;1-5-6(2,3)4;1-5(2,3)4;1-4-5(2)3;1-4(2)3/h13H,6-12H2,1-5H3;12H,4-11H2,1-3H3;11H,2-10H2,1H3;10H,2-9H2,1H3;7H,2-6H2,1H3;5H,3-4H2,1-2H3;6H,2-5H2,1H3;5H2,1-4H3;1-4H3;5H,4H2,1-3H3;4H,1-3H3/i;;;;7D;;6D;5D2;;4D2;4D. The summed E-state index contributed by atoms with van der Waals surface area (Å²) < 4.78 is 85.1. The molecule has 95 heavy (non-hydrogen) atoms. The van der Waals surface area contributed by atoms with E-state index in [4.69, 9.17) is 9.60 Å². The Bertz CT molecular complexity index is 2020. The van der Waals surface area contributed by atoms with E-state index in [-0.39, 0.29) is 34.9 Å². The van der Waals surface area contributed by atoms with Gasteiger partial charge < -0.3 is 0 Å². The lowest BCUT2D eigenvalue weighted by Crippen LogP contribution is -2.43. The smallest absolute Gasteiger partial charge is 0.171 e. The minimum absolute atomic E-state index is 0.0556. The number of alkyl halides is 3. The number of hydrogen-bond donors (Lipinski definition) is 0. The maximum atomic E-state index is 11.5. The van der Waals surface area contributed by atoms with E-state index in [1.165, 1.54) is 186 Å². The Labute approximate surface area is 610 Å². The predicted molar refractivity (Wildman–Crippen MR) is 426 cm³/mol. The van der Waals surface area contributed by atoms with E-state index >= 15 is 0 Å².